The third kappa shape index (κ3) is 3.27. The normalized spacial score (nSPS) is 14.7. The lowest BCUT2D eigenvalue weighted by molar-refractivity contribution is 0.596. The van der Waals surface area contributed by atoms with Crippen molar-refractivity contribution >= 4 is 6.08 Å². The zero-order chi connectivity index (χ0) is 16.4. The summed E-state index contributed by atoms with van der Waals surface area (Å²) in [4.78, 5) is 0. The van der Waals surface area contributed by atoms with Gasteiger partial charge < -0.3 is 0 Å². The van der Waals surface area contributed by atoms with Crippen molar-refractivity contribution < 1.29 is 0 Å². The molecule has 0 saturated heterocycles. The molecule has 1 atom stereocenters. The van der Waals surface area contributed by atoms with Crippen molar-refractivity contribution in [2.24, 2.45) is 5.92 Å². The second-order valence-electron chi connectivity index (χ2n) is 7.24. The quantitative estimate of drug-likeness (QED) is 0.566. The molecule has 0 bridgehead atoms. The van der Waals surface area contributed by atoms with Crippen LogP contribution in [0.4, 0.5) is 0 Å². The Labute approximate surface area is 141 Å². The van der Waals surface area contributed by atoms with Crippen molar-refractivity contribution in [1.29, 1.82) is 0 Å². The summed E-state index contributed by atoms with van der Waals surface area (Å²) in [6, 6.07) is 15.9. The summed E-state index contributed by atoms with van der Waals surface area (Å²) in [5, 5.41) is 0. The average molecular weight is 304 g/mol. The maximum atomic E-state index is 2.46. The van der Waals surface area contributed by atoms with Gasteiger partial charge in [-0.2, -0.15) is 0 Å². The van der Waals surface area contributed by atoms with Gasteiger partial charge in [0.1, 0.15) is 0 Å². The van der Waals surface area contributed by atoms with Crippen molar-refractivity contribution in [1.82, 2.24) is 0 Å². The van der Waals surface area contributed by atoms with E-state index in [1.54, 1.807) is 5.57 Å². The Morgan fingerprint density at radius 2 is 1.70 bits per heavy atom. The molecule has 1 aliphatic carbocycles. The van der Waals surface area contributed by atoms with E-state index in [9.17, 15) is 0 Å². The lowest BCUT2D eigenvalue weighted by atomic mass is 9.94. The van der Waals surface area contributed by atoms with E-state index in [0.29, 0.717) is 11.8 Å². The molecule has 1 aliphatic rings. The van der Waals surface area contributed by atoms with Gasteiger partial charge in [-0.25, -0.2) is 0 Å². The van der Waals surface area contributed by atoms with Crippen LogP contribution in [0.5, 0.6) is 0 Å². The van der Waals surface area contributed by atoms with E-state index >= 15 is 0 Å². The Morgan fingerprint density at radius 1 is 0.957 bits per heavy atom. The molecule has 1 unspecified atom stereocenters. The minimum atomic E-state index is 0.590. The molecule has 0 N–H and O–H groups in total. The van der Waals surface area contributed by atoms with E-state index in [1.807, 2.05) is 0 Å². The third-order valence-electron chi connectivity index (χ3n) is 5.16. The van der Waals surface area contributed by atoms with Gasteiger partial charge in [0.25, 0.3) is 0 Å². The molecule has 0 amide bonds. The zero-order valence-electron chi connectivity index (χ0n) is 14.9. The Balaban J connectivity index is 1.95. The molecule has 120 valence electrons. The Bertz CT molecular complexity index is 701. The van der Waals surface area contributed by atoms with Crippen LogP contribution in [0.2, 0.25) is 0 Å². The maximum absolute atomic E-state index is 2.46. The topological polar surface area (TPSA) is 0 Å². The zero-order valence-corrected chi connectivity index (χ0v) is 14.9. The molecule has 2 aromatic carbocycles. The summed E-state index contributed by atoms with van der Waals surface area (Å²) in [5.74, 6) is 1.29. The van der Waals surface area contributed by atoms with Gasteiger partial charge in [0.15, 0.2) is 0 Å². The van der Waals surface area contributed by atoms with E-state index < -0.39 is 0 Å². The van der Waals surface area contributed by atoms with Crippen molar-refractivity contribution in [3.05, 3.63) is 64.7 Å². The molecule has 0 radical (unpaired) electrons. The molecule has 0 aromatic heterocycles. The van der Waals surface area contributed by atoms with Crippen molar-refractivity contribution in [2.75, 3.05) is 0 Å². The summed E-state index contributed by atoms with van der Waals surface area (Å²) in [6.45, 7) is 9.15. The SMILES string of the molecule is CCCC(C)C1=Cc2c(cccc2-c2ccc(C(C)C)cc2)C1. The van der Waals surface area contributed by atoms with E-state index in [1.165, 1.54) is 40.7 Å². The first-order chi connectivity index (χ1) is 11.1. The van der Waals surface area contributed by atoms with E-state index in [2.05, 4.69) is 76.2 Å². The predicted molar refractivity (Wildman–Crippen MR) is 102 cm³/mol. The van der Waals surface area contributed by atoms with Gasteiger partial charge in [-0.15, -0.1) is 0 Å². The van der Waals surface area contributed by atoms with Crippen molar-refractivity contribution in [3.8, 4) is 11.1 Å². The lowest BCUT2D eigenvalue weighted by Crippen LogP contribution is -1.98. The standard InChI is InChI=1S/C23H28/c1-5-7-17(4)21-14-20-8-6-9-22(23(20)15-21)19-12-10-18(11-13-19)16(2)3/h6,8-13,15-17H,5,7,14H2,1-4H3. The van der Waals surface area contributed by atoms with Crippen LogP contribution in [-0.2, 0) is 6.42 Å². The Kier molecular flexibility index (Phi) is 4.71. The van der Waals surface area contributed by atoms with Crippen LogP contribution in [0.25, 0.3) is 17.2 Å². The number of allylic oxidation sites excluding steroid dienone is 1. The number of fused-ring (bicyclic) bond motifs is 1. The molecular formula is C23H28. The average Bonchev–Trinajstić information content (AvgIpc) is 2.99. The fourth-order valence-corrected chi connectivity index (χ4v) is 3.63. The lowest BCUT2D eigenvalue weighted by Gasteiger charge is -2.10. The molecule has 0 fully saturated rings. The van der Waals surface area contributed by atoms with Crippen LogP contribution in [-0.4, -0.2) is 0 Å². The minimum Gasteiger partial charge on any atom is -0.0654 e. The summed E-state index contributed by atoms with van der Waals surface area (Å²) in [5.41, 5.74) is 8.68. The first kappa shape index (κ1) is 16.1. The first-order valence-electron chi connectivity index (χ1n) is 9.02. The van der Waals surface area contributed by atoms with Gasteiger partial charge in [0.2, 0.25) is 0 Å². The van der Waals surface area contributed by atoms with Crippen LogP contribution in [0, 0.1) is 5.92 Å². The highest BCUT2D eigenvalue weighted by Crippen LogP contribution is 2.37. The number of rotatable bonds is 5. The minimum absolute atomic E-state index is 0.590. The molecule has 0 nitrogen and oxygen atoms in total. The summed E-state index contributed by atoms with van der Waals surface area (Å²) in [6.07, 6.45) is 6.15. The fourth-order valence-electron chi connectivity index (χ4n) is 3.63. The van der Waals surface area contributed by atoms with Crippen LogP contribution < -0.4 is 0 Å². The van der Waals surface area contributed by atoms with Gasteiger partial charge >= 0.3 is 0 Å². The molecule has 0 heteroatoms. The molecule has 0 aliphatic heterocycles. The Morgan fingerprint density at radius 3 is 2.35 bits per heavy atom. The maximum Gasteiger partial charge on any atom is -0.00549 e. The van der Waals surface area contributed by atoms with Gasteiger partial charge in [0, 0.05) is 0 Å². The summed E-state index contributed by atoms with van der Waals surface area (Å²) >= 11 is 0. The first-order valence-corrected chi connectivity index (χ1v) is 9.02. The predicted octanol–water partition coefficient (Wildman–Crippen LogP) is 6.85. The monoisotopic (exact) mass is 304 g/mol. The summed E-state index contributed by atoms with van der Waals surface area (Å²) < 4.78 is 0. The molecule has 23 heavy (non-hydrogen) atoms. The van der Waals surface area contributed by atoms with Crippen LogP contribution in [0.15, 0.2) is 48.0 Å². The molecule has 0 heterocycles. The van der Waals surface area contributed by atoms with Crippen LogP contribution in [0.3, 0.4) is 0 Å². The van der Waals surface area contributed by atoms with Crippen molar-refractivity contribution in [2.45, 2.75) is 52.9 Å². The molecular weight excluding hydrogens is 276 g/mol. The molecule has 0 saturated carbocycles. The van der Waals surface area contributed by atoms with Crippen LogP contribution >= 0.6 is 0 Å². The van der Waals surface area contributed by atoms with Gasteiger partial charge in [-0.05, 0) is 52.5 Å². The smallest absolute Gasteiger partial charge is 0.00549 e. The van der Waals surface area contributed by atoms with Gasteiger partial charge in [-0.1, -0.05) is 88.2 Å². The van der Waals surface area contributed by atoms with E-state index in [0.717, 1.165) is 6.42 Å². The fraction of sp³-hybridized carbons (Fsp3) is 0.391. The van der Waals surface area contributed by atoms with Crippen LogP contribution in [0.1, 0.15) is 63.1 Å². The highest BCUT2D eigenvalue weighted by molar-refractivity contribution is 5.81. The number of hydrogen-bond donors (Lipinski definition) is 0. The summed E-state index contributed by atoms with van der Waals surface area (Å²) in [7, 11) is 0. The molecule has 0 spiro atoms. The highest BCUT2D eigenvalue weighted by Gasteiger charge is 2.19. The van der Waals surface area contributed by atoms with E-state index in [-0.39, 0.29) is 0 Å². The molecule has 2 aromatic rings. The second kappa shape index (κ2) is 6.74. The number of benzene rings is 2. The van der Waals surface area contributed by atoms with Crippen molar-refractivity contribution in [3.63, 3.8) is 0 Å². The largest absolute Gasteiger partial charge is 0.0654 e. The number of hydrogen-bond acceptors (Lipinski definition) is 0. The Hall–Kier alpha value is -1.82. The van der Waals surface area contributed by atoms with Gasteiger partial charge in [-0.3, -0.25) is 0 Å². The highest BCUT2D eigenvalue weighted by atomic mass is 14.2. The van der Waals surface area contributed by atoms with Gasteiger partial charge in [0.05, 0.1) is 0 Å². The molecule has 3 rings (SSSR count). The third-order valence-corrected chi connectivity index (χ3v) is 5.16. The van der Waals surface area contributed by atoms with E-state index in [4.69, 9.17) is 0 Å². The second-order valence-corrected chi connectivity index (χ2v) is 7.24.